The van der Waals surface area contributed by atoms with Crippen LogP contribution < -0.4 is 0 Å². The third kappa shape index (κ3) is 3.76. The molecule has 0 bridgehead atoms. The second kappa shape index (κ2) is 6.76. The van der Waals surface area contributed by atoms with Gasteiger partial charge in [0.15, 0.2) is 11.9 Å². The molecule has 1 fully saturated rings. The fourth-order valence-electron chi connectivity index (χ4n) is 2.30. The van der Waals surface area contributed by atoms with E-state index in [9.17, 15) is 22.4 Å². The minimum atomic E-state index is -3.80. The molecule has 0 N–H and O–H groups in total. The van der Waals surface area contributed by atoms with Crippen LogP contribution >= 0.6 is 0 Å². The minimum absolute atomic E-state index is 0.193. The molecule has 0 saturated heterocycles. The van der Waals surface area contributed by atoms with E-state index in [0.717, 1.165) is 35.3 Å². The number of hydrogen-bond acceptors (Lipinski definition) is 5. The largest absolute Gasteiger partial charge is 0.451 e. The van der Waals surface area contributed by atoms with Crippen molar-refractivity contribution in [3.05, 3.63) is 29.6 Å². The molecule has 1 aliphatic carbocycles. The van der Waals surface area contributed by atoms with E-state index in [1.165, 1.54) is 14.1 Å². The fourth-order valence-corrected chi connectivity index (χ4v) is 3.23. The molecule has 6 nitrogen and oxygen atoms in total. The van der Waals surface area contributed by atoms with E-state index in [4.69, 9.17) is 4.74 Å². The average molecular weight is 343 g/mol. The number of nitrogens with zero attached hydrogens (tertiary/aromatic N) is 1. The average Bonchev–Trinajstić information content (AvgIpc) is 2.49. The molecule has 0 aromatic heterocycles. The molecule has 1 aromatic carbocycles. The van der Waals surface area contributed by atoms with Crippen LogP contribution in [-0.4, -0.2) is 44.7 Å². The lowest BCUT2D eigenvalue weighted by atomic mass is 9.96. The summed E-state index contributed by atoms with van der Waals surface area (Å²) in [7, 11) is -1.14. The van der Waals surface area contributed by atoms with Crippen molar-refractivity contribution in [3.8, 4) is 0 Å². The van der Waals surface area contributed by atoms with Gasteiger partial charge in [-0.15, -0.1) is 0 Å². The van der Waals surface area contributed by atoms with Crippen LogP contribution in [0.25, 0.3) is 0 Å². The quantitative estimate of drug-likeness (QED) is 0.778. The summed E-state index contributed by atoms with van der Waals surface area (Å²) >= 11 is 0. The molecule has 1 saturated carbocycles. The van der Waals surface area contributed by atoms with Crippen molar-refractivity contribution >= 4 is 21.8 Å². The number of hydrogen-bond donors (Lipinski definition) is 0. The van der Waals surface area contributed by atoms with Crippen LogP contribution in [0, 0.1) is 5.82 Å². The van der Waals surface area contributed by atoms with E-state index < -0.39 is 33.5 Å². The van der Waals surface area contributed by atoms with Gasteiger partial charge < -0.3 is 4.74 Å². The highest BCUT2D eigenvalue weighted by Gasteiger charge is 2.28. The van der Waals surface area contributed by atoms with Crippen LogP contribution in [0.3, 0.4) is 0 Å². The summed E-state index contributed by atoms with van der Waals surface area (Å²) in [6, 6.07) is 2.91. The predicted molar refractivity (Wildman–Crippen MR) is 80.0 cm³/mol. The first-order chi connectivity index (χ1) is 10.7. The van der Waals surface area contributed by atoms with E-state index in [0.29, 0.717) is 12.8 Å². The molecular weight excluding hydrogens is 325 g/mol. The van der Waals surface area contributed by atoms with E-state index >= 15 is 0 Å². The van der Waals surface area contributed by atoms with Crippen LogP contribution in [0.4, 0.5) is 4.39 Å². The molecule has 1 aliphatic rings. The Balaban J connectivity index is 2.28. The van der Waals surface area contributed by atoms with Crippen molar-refractivity contribution < 1.29 is 27.1 Å². The molecule has 0 amide bonds. The Morgan fingerprint density at radius 1 is 1.30 bits per heavy atom. The summed E-state index contributed by atoms with van der Waals surface area (Å²) in [5, 5.41) is 0. The number of carbonyl (C=O) groups excluding carboxylic acids is 2. The molecule has 2 rings (SSSR count). The Labute approximate surface area is 134 Å². The van der Waals surface area contributed by atoms with Gasteiger partial charge in [-0.1, -0.05) is 0 Å². The summed E-state index contributed by atoms with van der Waals surface area (Å²) < 4.78 is 44.0. The zero-order valence-corrected chi connectivity index (χ0v) is 13.7. The predicted octanol–water partition coefficient (Wildman–Crippen LogP) is 1.74. The SMILES string of the molecule is CN(C)S(=O)(=O)c1ccc(F)c(C(=O)O[C@H]2CCCCC2=O)c1. The number of sulfonamides is 1. The molecule has 0 spiro atoms. The maximum atomic E-state index is 13.9. The number of Topliss-reactive ketones (excluding diaryl/α,β-unsaturated/α-hetero) is 1. The summed E-state index contributed by atoms with van der Waals surface area (Å²) in [5.74, 6) is -2.11. The van der Waals surface area contributed by atoms with Gasteiger partial charge >= 0.3 is 5.97 Å². The van der Waals surface area contributed by atoms with E-state index in [-0.39, 0.29) is 10.7 Å². The fraction of sp³-hybridized carbons (Fsp3) is 0.467. The topological polar surface area (TPSA) is 80.8 Å². The Kier molecular flexibility index (Phi) is 5.16. The van der Waals surface area contributed by atoms with Crippen LogP contribution in [0.15, 0.2) is 23.1 Å². The van der Waals surface area contributed by atoms with Crippen molar-refractivity contribution in [2.24, 2.45) is 0 Å². The number of benzene rings is 1. The molecule has 1 atom stereocenters. The van der Waals surface area contributed by atoms with Crippen LogP contribution in [0.5, 0.6) is 0 Å². The molecule has 1 aromatic rings. The zero-order chi connectivity index (χ0) is 17.2. The lowest BCUT2D eigenvalue weighted by molar-refractivity contribution is -0.129. The Bertz CT molecular complexity index is 729. The van der Waals surface area contributed by atoms with E-state index in [1.807, 2.05) is 0 Å². The highest BCUT2D eigenvalue weighted by atomic mass is 32.2. The standard InChI is InChI=1S/C15H18FNO5S/c1-17(2)23(20,21)10-7-8-12(16)11(9-10)15(19)22-14-6-4-3-5-13(14)18/h7-9,14H,3-6H2,1-2H3/t14-/m0/s1. The zero-order valence-electron chi connectivity index (χ0n) is 12.9. The van der Waals surface area contributed by atoms with Gasteiger partial charge in [0.1, 0.15) is 5.82 Å². The van der Waals surface area contributed by atoms with Gasteiger partial charge in [0.25, 0.3) is 0 Å². The first-order valence-electron chi connectivity index (χ1n) is 7.19. The molecule has 23 heavy (non-hydrogen) atoms. The maximum absolute atomic E-state index is 13.9. The van der Waals surface area contributed by atoms with Gasteiger partial charge in [0.2, 0.25) is 10.0 Å². The highest BCUT2D eigenvalue weighted by molar-refractivity contribution is 7.89. The summed E-state index contributed by atoms with van der Waals surface area (Å²) in [5.41, 5.74) is -0.494. The van der Waals surface area contributed by atoms with Gasteiger partial charge in [-0.3, -0.25) is 4.79 Å². The minimum Gasteiger partial charge on any atom is -0.451 e. The van der Waals surface area contributed by atoms with Crippen LogP contribution in [0.2, 0.25) is 0 Å². The Morgan fingerprint density at radius 3 is 2.61 bits per heavy atom. The molecule has 126 valence electrons. The van der Waals surface area contributed by atoms with Gasteiger partial charge in [-0.2, -0.15) is 0 Å². The van der Waals surface area contributed by atoms with Crippen molar-refractivity contribution in [1.82, 2.24) is 4.31 Å². The molecule has 0 radical (unpaired) electrons. The van der Waals surface area contributed by atoms with Crippen molar-refractivity contribution in [2.75, 3.05) is 14.1 Å². The first kappa shape index (κ1) is 17.6. The van der Waals surface area contributed by atoms with Crippen LogP contribution in [-0.2, 0) is 19.6 Å². The number of carbonyl (C=O) groups is 2. The molecular formula is C15H18FNO5S. The first-order valence-corrected chi connectivity index (χ1v) is 8.63. The number of esters is 1. The van der Waals surface area contributed by atoms with E-state index in [2.05, 4.69) is 0 Å². The third-order valence-corrected chi connectivity index (χ3v) is 5.50. The second-order valence-electron chi connectivity index (χ2n) is 5.54. The van der Waals surface area contributed by atoms with Gasteiger partial charge in [-0.25, -0.2) is 21.9 Å². The van der Waals surface area contributed by atoms with Crippen molar-refractivity contribution in [3.63, 3.8) is 0 Å². The smallest absolute Gasteiger partial charge is 0.341 e. The highest BCUT2D eigenvalue weighted by Crippen LogP contribution is 2.22. The summed E-state index contributed by atoms with van der Waals surface area (Å²) in [6.07, 6.45) is 1.35. The molecule has 0 aliphatic heterocycles. The monoisotopic (exact) mass is 343 g/mol. The lowest BCUT2D eigenvalue weighted by Crippen LogP contribution is -2.30. The van der Waals surface area contributed by atoms with Gasteiger partial charge in [-0.05, 0) is 37.5 Å². The summed E-state index contributed by atoms with van der Waals surface area (Å²) in [4.78, 5) is 23.6. The number of ether oxygens (including phenoxy) is 1. The summed E-state index contributed by atoms with van der Waals surface area (Å²) in [6.45, 7) is 0. The lowest BCUT2D eigenvalue weighted by Gasteiger charge is -2.21. The Morgan fingerprint density at radius 2 is 2.00 bits per heavy atom. The van der Waals surface area contributed by atoms with E-state index in [1.54, 1.807) is 0 Å². The maximum Gasteiger partial charge on any atom is 0.341 e. The number of ketones is 1. The Hall–Kier alpha value is -1.80. The van der Waals surface area contributed by atoms with Gasteiger partial charge in [0.05, 0.1) is 10.5 Å². The van der Waals surface area contributed by atoms with Gasteiger partial charge in [0, 0.05) is 20.5 Å². The van der Waals surface area contributed by atoms with Crippen LogP contribution in [0.1, 0.15) is 36.0 Å². The molecule has 0 heterocycles. The number of halogens is 1. The van der Waals surface area contributed by atoms with Crippen molar-refractivity contribution in [2.45, 2.75) is 36.7 Å². The normalized spacial score (nSPS) is 19.0. The third-order valence-electron chi connectivity index (χ3n) is 3.68. The molecule has 8 heteroatoms. The second-order valence-corrected chi connectivity index (χ2v) is 7.69. The van der Waals surface area contributed by atoms with Crippen molar-refractivity contribution in [1.29, 1.82) is 0 Å². The molecule has 0 unspecified atom stereocenters. The number of rotatable bonds is 4.